The number of thiazole rings is 1. The summed E-state index contributed by atoms with van der Waals surface area (Å²) >= 11 is 7.57. The highest BCUT2D eigenvalue weighted by Gasteiger charge is 2.35. The summed E-state index contributed by atoms with van der Waals surface area (Å²) in [5, 5.41) is 0.424. The third kappa shape index (κ3) is 5.38. The number of rotatable bonds is 8. The molecule has 3 aromatic carbocycles. The first-order valence-corrected chi connectivity index (χ1v) is 13.9. The predicted octanol–water partition coefficient (Wildman–Crippen LogP) is 4.61. The molecule has 8 nitrogen and oxygen atoms in total. The highest BCUT2D eigenvalue weighted by molar-refractivity contribution is 7.07. The van der Waals surface area contributed by atoms with Crippen LogP contribution in [0.1, 0.15) is 29.7 Å². The Labute approximate surface area is 245 Å². The first kappa shape index (κ1) is 28.2. The van der Waals surface area contributed by atoms with Gasteiger partial charge in [0.15, 0.2) is 16.3 Å². The number of methoxy groups -OCH3 is 3. The van der Waals surface area contributed by atoms with E-state index in [2.05, 4.69) is 0 Å². The Hall–Kier alpha value is -4.34. The maximum absolute atomic E-state index is 14.1. The SMILES string of the molecule is CCOC(=O)C1=C(c2ccccc2)N=c2s/c(=C/c3ccc(OC)c(Cl)c3)c(=O)n2[C@H]1c1ccc(OC)c(OC)c1. The largest absolute Gasteiger partial charge is 0.495 e. The topological polar surface area (TPSA) is 88.4 Å². The van der Waals surface area contributed by atoms with Crippen molar-refractivity contribution in [1.82, 2.24) is 4.57 Å². The van der Waals surface area contributed by atoms with Crippen molar-refractivity contribution in [1.29, 1.82) is 0 Å². The number of fused-ring (bicyclic) bond motifs is 1. The summed E-state index contributed by atoms with van der Waals surface area (Å²) in [6, 6.07) is 19.1. The van der Waals surface area contributed by atoms with Crippen LogP contribution >= 0.6 is 22.9 Å². The number of halogens is 1. The Morgan fingerprint density at radius 1 is 0.976 bits per heavy atom. The molecule has 0 amide bonds. The van der Waals surface area contributed by atoms with E-state index < -0.39 is 12.0 Å². The van der Waals surface area contributed by atoms with Crippen LogP contribution in [-0.2, 0) is 9.53 Å². The van der Waals surface area contributed by atoms with Crippen LogP contribution < -0.4 is 29.1 Å². The van der Waals surface area contributed by atoms with Gasteiger partial charge in [0.1, 0.15) is 5.75 Å². The van der Waals surface area contributed by atoms with E-state index in [1.807, 2.05) is 36.4 Å². The summed E-state index contributed by atoms with van der Waals surface area (Å²) in [6.45, 7) is 1.90. The second kappa shape index (κ2) is 12.0. The molecule has 210 valence electrons. The molecule has 0 unspecified atom stereocenters. The highest BCUT2D eigenvalue weighted by atomic mass is 35.5. The second-order valence-electron chi connectivity index (χ2n) is 8.94. The maximum atomic E-state index is 14.1. The van der Waals surface area contributed by atoms with Gasteiger partial charge in [-0.25, -0.2) is 9.79 Å². The minimum Gasteiger partial charge on any atom is -0.495 e. The van der Waals surface area contributed by atoms with E-state index >= 15 is 0 Å². The van der Waals surface area contributed by atoms with Gasteiger partial charge in [-0.2, -0.15) is 0 Å². The number of carbonyl (C=O) groups is 1. The van der Waals surface area contributed by atoms with Gasteiger partial charge in [0.05, 0.1) is 54.8 Å². The van der Waals surface area contributed by atoms with Crippen LogP contribution in [0.15, 0.2) is 82.1 Å². The van der Waals surface area contributed by atoms with Gasteiger partial charge in [0.2, 0.25) is 0 Å². The summed E-state index contributed by atoms with van der Waals surface area (Å²) in [5.74, 6) is 0.947. The fourth-order valence-electron chi connectivity index (χ4n) is 4.70. The summed E-state index contributed by atoms with van der Waals surface area (Å²) < 4.78 is 23.7. The number of hydrogen-bond donors (Lipinski definition) is 0. The molecule has 1 aliphatic rings. The zero-order valence-electron chi connectivity index (χ0n) is 22.8. The summed E-state index contributed by atoms with van der Waals surface area (Å²) in [5.41, 5.74) is 2.45. The predicted molar refractivity (Wildman–Crippen MR) is 159 cm³/mol. The molecule has 5 rings (SSSR count). The van der Waals surface area contributed by atoms with Crippen molar-refractivity contribution in [2.75, 3.05) is 27.9 Å². The van der Waals surface area contributed by atoms with Crippen LogP contribution in [0.2, 0.25) is 5.02 Å². The number of nitrogens with zero attached hydrogens (tertiary/aromatic N) is 2. The van der Waals surface area contributed by atoms with Crippen molar-refractivity contribution >= 4 is 40.7 Å². The number of benzene rings is 3. The van der Waals surface area contributed by atoms with E-state index in [-0.39, 0.29) is 17.7 Å². The molecular formula is C31H27ClN2O6S. The summed E-state index contributed by atoms with van der Waals surface area (Å²) in [7, 11) is 4.62. The minimum absolute atomic E-state index is 0.158. The fourth-order valence-corrected chi connectivity index (χ4v) is 5.97. The lowest BCUT2D eigenvalue weighted by Crippen LogP contribution is -2.40. The second-order valence-corrected chi connectivity index (χ2v) is 10.4. The molecule has 1 aromatic heterocycles. The molecule has 41 heavy (non-hydrogen) atoms. The molecule has 0 saturated carbocycles. The molecule has 4 aromatic rings. The molecule has 0 fully saturated rings. The molecular weight excluding hydrogens is 564 g/mol. The third-order valence-corrected chi connectivity index (χ3v) is 7.85. The van der Waals surface area contributed by atoms with Gasteiger partial charge in [-0.05, 0) is 48.4 Å². The third-order valence-electron chi connectivity index (χ3n) is 6.57. The number of hydrogen-bond acceptors (Lipinski definition) is 8. The van der Waals surface area contributed by atoms with Crippen LogP contribution in [0.3, 0.4) is 0 Å². The number of aromatic nitrogens is 1. The van der Waals surface area contributed by atoms with E-state index in [9.17, 15) is 9.59 Å². The molecule has 0 radical (unpaired) electrons. The van der Waals surface area contributed by atoms with Crippen molar-refractivity contribution in [3.63, 3.8) is 0 Å². The van der Waals surface area contributed by atoms with Crippen molar-refractivity contribution in [2.45, 2.75) is 13.0 Å². The molecule has 1 aliphatic heterocycles. The average Bonchev–Trinajstić information content (AvgIpc) is 3.30. The highest BCUT2D eigenvalue weighted by Crippen LogP contribution is 2.38. The number of carbonyl (C=O) groups excluding carboxylic acids is 1. The van der Waals surface area contributed by atoms with Crippen molar-refractivity contribution in [2.24, 2.45) is 4.99 Å². The normalized spacial score (nSPS) is 14.8. The molecule has 1 atom stereocenters. The molecule has 0 spiro atoms. The van der Waals surface area contributed by atoms with Gasteiger partial charge < -0.3 is 18.9 Å². The van der Waals surface area contributed by atoms with Crippen LogP contribution in [0.25, 0.3) is 11.8 Å². The first-order chi connectivity index (χ1) is 19.9. The van der Waals surface area contributed by atoms with Crippen LogP contribution in [0, 0.1) is 0 Å². The summed E-state index contributed by atoms with van der Waals surface area (Å²) in [6.07, 6.45) is 1.75. The zero-order valence-corrected chi connectivity index (χ0v) is 24.4. The first-order valence-electron chi connectivity index (χ1n) is 12.7. The van der Waals surface area contributed by atoms with Crippen molar-refractivity contribution < 1.29 is 23.7 Å². The van der Waals surface area contributed by atoms with E-state index in [1.165, 1.54) is 23.0 Å². The number of ether oxygens (including phenoxy) is 4. The van der Waals surface area contributed by atoms with Gasteiger partial charge in [-0.3, -0.25) is 9.36 Å². The zero-order chi connectivity index (χ0) is 29.1. The smallest absolute Gasteiger partial charge is 0.338 e. The monoisotopic (exact) mass is 590 g/mol. The van der Waals surface area contributed by atoms with E-state index in [0.29, 0.717) is 42.9 Å². The molecule has 0 N–H and O–H groups in total. The average molecular weight is 591 g/mol. The lowest BCUT2D eigenvalue weighted by Gasteiger charge is -2.26. The van der Waals surface area contributed by atoms with E-state index in [1.54, 1.807) is 57.6 Å². The maximum Gasteiger partial charge on any atom is 0.338 e. The van der Waals surface area contributed by atoms with Crippen LogP contribution in [0.5, 0.6) is 17.2 Å². The van der Waals surface area contributed by atoms with Crippen molar-refractivity contribution in [3.05, 3.63) is 114 Å². The fraction of sp³-hybridized carbons (Fsp3) is 0.194. The lowest BCUT2D eigenvalue weighted by molar-refractivity contribution is -0.138. The standard InChI is InChI=1S/C31H27ClN2O6S/c1-5-40-30(36)26-27(19-9-7-6-8-10-19)33-31-34(28(26)20-12-14-23(38-3)24(17-20)39-4)29(35)25(41-31)16-18-11-13-22(37-2)21(32)15-18/h6-17,28H,5H2,1-4H3/b25-16+/t28-/m0/s1. The Bertz CT molecular complexity index is 1830. The Kier molecular flexibility index (Phi) is 8.28. The quantitative estimate of drug-likeness (QED) is 0.278. The van der Waals surface area contributed by atoms with E-state index in [4.69, 9.17) is 35.5 Å². The Morgan fingerprint density at radius 3 is 2.34 bits per heavy atom. The van der Waals surface area contributed by atoms with Gasteiger partial charge in [-0.15, -0.1) is 0 Å². The Morgan fingerprint density at radius 2 is 1.68 bits per heavy atom. The number of esters is 1. The van der Waals surface area contributed by atoms with Gasteiger partial charge in [0, 0.05) is 5.56 Å². The minimum atomic E-state index is -0.845. The Balaban J connectivity index is 1.82. The summed E-state index contributed by atoms with van der Waals surface area (Å²) in [4.78, 5) is 33.0. The molecule has 0 bridgehead atoms. The molecule has 10 heteroatoms. The lowest BCUT2D eigenvalue weighted by atomic mass is 9.93. The van der Waals surface area contributed by atoms with Crippen molar-refractivity contribution in [3.8, 4) is 17.2 Å². The molecule has 0 saturated heterocycles. The van der Waals surface area contributed by atoms with Gasteiger partial charge in [-0.1, -0.05) is 65.4 Å². The van der Waals surface area contributed by atoms with Gasteiger partial charge in [0.25, 0.3) is 5.56 Å². The molecule has 0 aliphatic carbocycles. The van der Waals surface area contributed by atoms with Gasteiger partial charge >= 0.3 is 5.97 Å². The molecule has 2 heterocycles. The van der Waals surface area contributed by atoms with Crippen LogP contribution in [-0.4, -0.2) is 38.5 Å². The van der Waals surface area contributed by atoms with Crippen LogP contribution in [0.4, 0.5) is 0 Å². The van der Waals surface area contributed by atoms with E-state index in [0.717, 1.165) is 11.1 Å².